The first-order valence-corrected chi connectivity index (χ1v) is 8.50. The van der Waals surface area contributed by atoms with Gasteiger partial charge in [0.2, 0.25) is 0 Å². The van der Waals surface area contributed by atoms with Crippen LogP contribution in [0.1, 0.15) is 21.6 Å². The van der Waals surface area contributed by atoms with Crippen LogP contribution in [-0.4, -0.2) is 23.4 Å². The second kappa shape index (κ2) is 6.30. The number of nitrogens with zero attached hydrogens (tertiary/aromatic N) is 2. The zero-order valence-corrected chi connectivity index (χ0v) is 14.7. The maximum Gasteiger partial charge on any atom is 0.573 e. The van der Waals surface area contributed by atoms with Crippen LogP contribution in [0.3, 0.4) is 0 Å². The fourth-order valence-electron chi connectivity index (χ4n) is 3.66. The third-order valence-electron chi connectivity index (χ3n) is 4.77. The van der Waals surface area contributed by atoms with Gasteiger partial charge in [0.15, 0.2) is 0 Å². The SMILES string of the molecule is Cc1c2n(c3c(-c4ccc(OC(F)(F)F)cc4)cc(C#N)cc13)CCNC2=O. The number of benzene rings is 2. The highest BCUT2D eigenvalue weighted by Gasteiger charge is 2.31. The van der Waals surface area contributed by atoms with E-state index in [2.05, 4.69) is 16.1 Å². The molecule has 8 heteroatoms. The van der Waals surface area contributed by atoms with Gasteiger partial charge in [0.25, 0.3) is 5.91 Å². The predicted octanol–water partition coefficient (Wildman–Crippen LogP) is 4.13. The van der Waals surface area contributed by atoms with Crippen LogP contribution < -0.4 is 10.1 Å². The molecule has 0 bridgehead atoms. The molecule has 2 heterocycles. The van der Waals surface area contributed by atoms with Crippen molar-refractivity contribution in [3.05, 3.63) is 53.2 Å². The third kappa shape index (κ3) is 2.95. The van der Waals surface area contributed by atoms with Crippen molar-refractivity contribution in [2.75, 3.05) is 6.54 Å². The molecule has 4 rings (SSSR count). The summed E-state index contributed by atoms with van der Waals surface area (Å²) in [6, 6.07) is 11.0. The summed E-state index contributed by atoms with van der Waals surface area (Å²) >= 11 is 0. The molecular weight excluding hydrogens is 371 g/mol. The average molecular weight is 385 g/mol. The van der Waals surface area contributed by atoms with Crippen molar-refractivity contribution in [1.82, 2.24) is 9.88 Å². The summed E-state index contributed by atoms with van der Waals surface area (Å²) in [6.45, 7) is 2.87. The number of carbonyl (C=O) groups is 1. The van der Waals surface area contributed by atoms with E-state index < -0.39 is 6.36 Å². The molecule has 5 nitrogen and oxygen atoms in total. The molecule has 3 aromatic rings. The van der Waals surface area contributed by atoms with E-state index >= 15 is 0 Å². The van der Waals surface area contributed by atoms with Crippen molar-refractivity contribution in [2.45, 2.75) is 19.8 Å². The number of carbonyl (C=O) groups excluding carboxylic acids is 1. The molecule has 0 aliphatic carbocycles. The Morgan fingerprint density at radius 2 is 1.93 bits per heavy atom. The van der Waals surface area contributed by atoms with Crippen molar-refractivity contribution in [3.8, 4) is 22.9 Å². The summed E-state index contributed by atoms with van der Waals surface area (Å²) in [5.41, 5.74) is 3.80. The molecule has 0 radical (unpaired) electrons. The number of alkyl halides is 3. The lowest BCUT2D eigenvalue weighted by atomic mass is 9.98. The van der Waals surface area contributed by atoms with Gasteiger partial charge in [-0.05, 0) is 42.3 Å². The molecule has 0 saturated carbocycles. The Morgan fingerprint density at radius 3 is 2.57 bits per heavy atom. The second-order valence-corrected chi connectivity index (χ2v) is 6.49. The number of hydrogen-bond acceptors (Lipinski definition) is 3. The molecule has 0 spiro atoms. The zero-order valence-electron chi connectivity index (χ0n) is 14.7. The van der Waals surface area contributed by atoms with Crippen LogP contribution in [0.25, 0.3) is 22.0 Å². The van der Waals surface area contributed by atoms with Crippen molar-refractivity contribution >= 4 is 16.8 Å². The molecule has 142 valence electrons. The number of aryl methyl sites for hydroxylation is 1. The number of amides is 1. The Morgan fingerprint density at radius 1 is 1.21 bits per heavy atom. The summed E-state index contributed by atoms with van der Waals surface area (Å²) < 4.78 is 43.0. The number of nitriles is 1. The number of rotatable bonds is 2. The van der Waals surface area contributed by atoms with E-state index in [4.69, 9.17) is 0 Å². The van der Waals surface area contributed by atoms with Gasteiger partial charge < -0.3 is 14.6 Å². The van der Waals surface area contributed by atoms with Gasteiger partial charge in [0.05, 0.1) is 17.1 Å². The van der Waals surface area contributed by atoms with Crippen LogP contribution in [0.4, 0.5) is 13.2 Å². The summed E-state index contributed by atoms with van der Waals surface area (Å²) in [6.07, 6.45) is -4.76. The number of nitrogens with one attached hydrogen (secondary N) is 1. The highest BCUT2D eigenvalue weighted by molar-refractivity contribution is 6.06. The molecule has 2 aromatic carbocycles. The Kier molecular flexibility index (Phi) is 4.03. The lowest BCUT2D eigenvalue weighted by Crippen LogP contribution is -2.35. The van der Waals surface area contributed by atoms with E-state index in [9.17, 15) is 23.2 Å². The highest BCUT2D eigenvalue weighted by Crippen LogP contribution is 2.37. The number of aromatic nitrogens is 1. The summed E-state index contributed by atoms with van der Waals surface area (Å²) in [4.78, 5) is 12.3. The molecule has 0 atom stereocenters. The Labute approximate surface area is 157 Å². The zero-order chi connectivity index (χ0) is 20.1. The summed E-state index contributed by atoms with van der Waals surface area (Å²) in [5.74, 6) is -0.505. The minimum atomic E-state index is -4.76. The van der Waals surface area contributed by atoms with Gasteiger partial charge in [-0.1, -0.05) is 12.1 Å². The molecular formula is C20H14F3N3O2. The minimum Gasteiger partial charge on any atom is -0.406 e. The van der Waals surface area contributed by atoms with E-state index in [1.807, 2.05) is 11.5 Å². The quantitative estimate of drug-likeness (QED) is 0.721. The topological polar surface area (TPSA) is 67.1 Å². The first-order valence-electron chi connectivity index (χ1n) is 8.50. The molecule has 1 amide bonds. The molecule has 0 saturated heterocycles. The Balaban J connectivity index is 1.93. The van der Waals surface area contributed by atoms with Gasteiger partial charge in [0.1, 0.15) is 11.4 Å². The molecule has 0 unspecified atom stereocenters. The molecule has 28 heavy (non-hydrogen) atoms. The normalized spacial score (nSPS) is 13.8. The van der Waals surface area contributed by atoms with E-state index in [0.29, 0.717) is 35.5 Å². The largest absolute Gasteiger partial charge is 0.573 e. The van der Waals surface area contributed by atoms with E-state index in [-0.39, 0.29) is 11.7 Å². The van der Waals surface area contributed by atoms with Crippen molar-refractivity contribution in [3.63, 3.8) is 0 Å². The van der Waals surface area contributed by atoms with Crippen LogP contribution in [-0.2, 0) is 6.54 Å². The summed E-state index contributed by atoms with van der Waals surface area (Å²) in [7, 11) is 0. The molecule has 1 aromatic heterocycles. The van der Waals surface area contributed by atoms with E-state index in [1.165, 1.54) is 24.3 Å². The van der Waals surface area contributed by atoms with Gasteiger partial charge in [-0.3, -0.25) is 4.79 Å². The maximum absolute atomic E-state index is 12.4. The lowest BCUT2D eigenvalue weighted by molar-refractivity contribution is -0.274. The van der Waals surface area contributed by atoms with Crippen LogP contribution in [0.2, 0.25) is 0 Å². The van der Waals surface area contributed by atoms with E-state index in [1.54, 1.807) is 12.1 Å². The van der Waals surface area contributed by atoms with Gasteiger partial charge in [-0.15, -0.1) is 13.2 Å². The molecule has 1 aliphatic rings. The first kappa shape index (κ1) is 17.9. The predicted molar refractivity (Wildman–Crippen MR) is 95.8 cm³/mol. The van der Waals surface area contributed by atoms with Crippen LogP contribution >= 0.6 is 0 Å². The van der Waals surface area contributed by atoms with Gasteiger partial charge >= 0.3 is 6.36 Å². The van der Waals surface area contributed by atoms with Crippen LogP contribution in [0.15, 0.2) is 36.4 Å². The lowest BCUT2D eigenvalue weighted by Gasteiger charge is -2.18. The monoisotopic (exact) mass is 385 g/mol. The Hall–Kier alpha value is -3.47. The summed E-state index contributed by atoms with van der Waals surface area (Å²) in [5, 5.41) is 13.0. The number of fused-ring (bicyclic) bond motifs is 3. The van der Waals surface area contributed by atoms with Crippen LogP contribution in [0.5, 0.6) is 5.75 Å². The number of halogens is 3. The van der Waals surface area contributed by atoms with Crippen molar-refractivity contribution in [1.29, 1.82) is 5.26 Å². The maximum atomic E-state index is 12.4. The second-order valence-electron chi connectivity index (χ2n) is 6.49. The third-order valence-corrected chi connectivity index (χ3v) is 4.77. The van der Waals surface area contributed by atoms with Gasteiger partial charge in [-0.25, -0.2) is 0 Å². The fourth-order valence-corrected chi connectivity index (χ4v) is 3.66. The molecule has 1 N–H and O–H groups in total. The standard InChI is InChI=1S/C20H14F3N3O2/c1-11-15-8-12(10-24)9-16(18(15)26-7-6-25-19(27)17(11)26)13-2-4-14(5-3-13)28-20(21,22)23/h2-5,8-9H,6-7H2,1H3,(H,25,27). The molecule has 1 aliphatic heterocycles. The van der Waals surface area contributed by atoms with Gasteiger partial charge in [0, 0.05) is 24.0 Å². The Bertz CT molecular complexity index is 1140. The fraction of sp³-hybridized carbons (Fsp3) is 0.200. The highest BCUT2D eigenvalue weighted by atomic mass is 19.4. The van der Waals surface area contributed by atoms with Gasteiger partial charge in [-0.2, -0.15) is 5.26 Å². The van der Waals surface area contributed by atoms with Crippen LogP contribution in [0, 0.1) is 18.3 Å². The van der Waals surface area contributed by atoms with Crippen molar-refractivity contribution < 1.29 is 22.7 Å². The minimum absolute atomic E-state index is 0.182. The smallest absolute Gasteiger partial charge is 0.406 e. The first-order chi connectivity index (χ1) is 13.3. The van der Waals surface area contributed by atoms with E-state index in [0.717, 1.165) is 16.5 Å². The molecule has 0 fully saturated rings. The number of ether oxygens (including phenoxy) is 1. The van der Waals surface area contributed by atoms with Crippen molar-refractivity contribution in [2.24, 2.45) is 0 Å². The number of hydrogen-bond donors (Lipinski definition) is 1. The average Bonchev–Trinajstić information content (AvgIpc) is 2.94.